The van der Waals surface area contributed by atoms with Gasteiger partial charge >= 0.3 is 0 Å². The van der Waals surface area contributed by atoms with Crippen molar-refractivity contribution in [3.05, 3.63) is 0 Å². The molecule has 0 bridgehead atoms. The molecule has 0 unspecified atom stereocenters. The normalized spacial score (nSPS) is 25.0. The van der Waals surface area contributed by atoms with Crippen LogP contribution in [0.2, 0.25) is 0 Å². The molecule has 0 spiro atoms. The molecule has 0 aromatic heterocycles. The van der Waals surface area contributed by atoms with E-state index in [4.69, 9.17) is 0 Å². The Balaban J connectivity index is 0.00000312. The van der Waals surface area contributed by atoms with Gasteiger partial charge in [0.15, 0.2) is 5.96 Å². The Labute approximate surface area is 170 Å². The molecule has 0 amide bonds. The molecule has 2 rings (SSSR count). The standard InChI is InChI=1S/C17H34N4O2S.HI/c1-3-18-17(21-16-9-7-14(2)8-10-16)19-11-12-24(22,23)20-13-15-5-4-6-15;/h14-16,20H,3-13H2,1-2H3,(H2,18,19,21);1H. The molecule has 0 atom stereocenters. The summed E-state index contributed by atoms with van der Waals surface area (Å²) >= 11 is 0. The number of aliphatic imine (C=N–C) groups is 1. The summed E-state index contributed by atoms with van der Waals surface area (Å²) in [5.74, 6) is 2.15. The van der Waals surface area contributed by atoms with Crippen LogP contribution in [0.1, 0.15) is 58.8 Å². The van der Waals surface area contributed by atoms with Gasteiger partial charge in [0.1, 0.15) is 0 Å². The van der Waals surface area contributed by atoms with E-state index in [9.17, 15) is 8.42 Å². The zero-order valence-electron chi connectivity index (χ0n) is 15.6. The van der Waals surface area contributed by atoms with Gasteiger partial charge in [0.2, 0.25) is 10.0 Å². The van der Waals surface area contributed by atoms with E-state index in [0.29, 0.717) is 25.0 Å². The van der Waals surface area contributed by atoms with Crippen molar-refractivity contribution in [3.63, 3.8) is 0 Å². The lowest BCUT2D eigenvalue weighted by Gasteiger charge is -2.28. The minimum Gasteiger partial charge on any atom is -0.357 e. The number of guanidine groups is 1. The maximum atomic E-state index is 12.0. The Morgan fingerprint density at radius 1 is 1.12 bits per heavy atom. The molecule has 25 heavy (non-hydrogen) atoms. The van der Waals surface area contributed by atoms with Gasteiger partial charge < -0.3 is 10.6 Å². The first-order valence-electron chi connectivity index (χ1n) is 9.50. The summed E-state index contributed by atoms with van der Waals surface area (Å²) in [5, 5.41) is 6.68. The molecule has 0 heterocycles. The Hall–Kier alpha value is -0.0900. The largest absolute Gasteiger partial charge is 0.357 e. The molecular weight excluding hydrogens is 451 g/mol. The van der Waals surface area contributed by atoms with Crippen LogP contribution in [0.5, 0.6) is 0 Å². The third kappa shape index (κ3) is 8.90. The number of rotatable bonds is 8. The summed E-state index contributed by atoms with van der Waals surface area (Å²) in [6.45, 7) is 5.98. The van der Waals surface area contributed by atoms with Crippen molar-refractivity contribution in [2.24, 2.45) is 16.8 Å². The van der Waals surface area contributed by atoms with Crippen LogP contribution < -0.4 is 15.4 Å². The molecule has 0 saturated heterocycles. The maximum absolute atomic E-state index is 12.0. The maximum Gasteiger partial charge on any atom is 0.213 e. The molecule has 6 nitrogen and oxygen atoms in total. The summed E-state index contributed by atoms with van der Waals surface area (Å²) in [6.07, 6.45) is 8.34. The Morgan fingerprint density at radius 3 is 2.36 bits per heavy atom. The van der Waals surface area contributed by atoms with E-state index >= 15 is 0 Å². The van der Waals surface area contributed by atoms with Gasteiger partial charge in [0.05, 0.1) is 12.3 Å². The molecular formula is C17H35IN4O2S. The highest BCUT2D eigenvalue weighted by atomic mass is 127. The minimum absolute atomic E-state index is 0. The number of nitrogens with zero attached hydrogens (tertiary/aromatic N) is 1. The molecule has 0 aromatic rings. The predicted molar refractivity (Wildman–Crippen MR) is 115 cm³/mol. The second kappa shape index (κ2) is 11.6. The molecule has 8 heteroatoms. The van der Waals surface area contributed by atoms with Crippen molar-refractivity contribution in [2.45, 2.75) is 64.8 Å². The number of nitrogens with one attached hydrogen (secondary N) is 3. The van der Waals surface area contributed by atoms with E-state index in [0.717, 1.165) is 44.1 Å². The van der Waals surface area contributed by atoms with E-state index in [-0.39, 0.29) is 29.7 Å². The van der Waals surface area contributed by atoms with Crippen LogP contribution in [-0.2, 0) is 10.0 Å². The number of hydrogen-bond acceptors (Lipinski definition) is 3. The van der Waals surface area contributed by atoms with Crippen molar-refractivity contribution in [3.8, 4) is 0 Å². The van der Waals surface area contributed by atoms with E-state index in [2.05, 4.69) is 27.3 Å². The van der Waals surface area contributed by atoms with Gasteiger partial charge in [-0.25, -0.2) is 13.1 Å². The summed E-state index contributed by atoms with van der Waals surface area (Å²) in [6, 6.07) is 0.451. The van der Waals surface area contributed by atoms with Gasteiger partial charge in [-0.3, -0.25) is 4.99 Å². The summed E-state index contributed by atoms with van der Waals surface area (Å²) in [7, 11) is -3.22. The van der Waals surface area contributed by atoms with Crippen molar-refractivity contribution in [1.82, 2.24) is 15.4 Å². The highest BCUT2D eigenvalue weighted by molar-refractivity contribution is 14.0. The van der Waals surface area contributed by atoms with Crippen LogP contribution >= 0.6 is 24.0 Å². The SMILES string of the molecule is CCNC(=NCCS(=O)(=O)NCC1CCC1)NC1CCC(C)CC1.I. The lowest BCUT2D eigenvalue weighted by Crippen LogP contribution is -2.45. The molecule has 0 aliphatic heterocycles. The molecule has 2 saturated carbocycles. The van der Waals surface area contributed by atoms with Crippen LogP contribution in [-0.4, -0.2) is 45.8 Å². The van der Waals surface area contributed by atoms with E-state index in [1.807, 2.05) is 6.92 Å². The van der Waals surface area contributed by atoms with Gasteiger partial charge in [0, 0.05) is 19.1 Å². The van der Waals surface area contributed by atoms with Crippen LogP contribution in [0.3, 0.4) is 0 Å². The van der Waals surface area contributed by atoms with E-state index in [1.165, 1.54) is 19.3 Å². The average molecular weight is 486 g/mol. The second-order valence-electron chi connectivity index (χ2n) is 7.33. The summed E-state index contributed by atoms with van der Waals surface area (Å²) in [4.78, 5) is 4.45. The fraction of sp³-hybridized carbons (Fsp3) is 0.941. The van der Waals surface area contributed by atoms with Gasteiger partial charge in [-0.1, -0.05) is 13.3 Å². The fourth-order valence-electron chi connectivity index (χ4n) is 3.21. The highest BCUT2D eigenvalue weighted by Crippen LogP contribution is 2.25. The third-order valence-corrected chi connectivity index (χ3v) is 6.47. The van der Waals surface area contributed by atoms with Crippen LogP contribution in [0.15, 0.2) is 4.99 Å². The lowest BCUT2D eigenvalue weighted by molar-refractivity contribution is 0.316. The highest BCUT2D eigenvalue weighted by Gasteiger charge is 2.21. The van der Waals surface area contributed by atoms with Gasteiger partial charge in [-0.15, -0.1) is 24.0 Å². The molecule has 3 N–H and O–H groups in total. The Morgan fingerprint density at radius 2 is 1.80 bits per heavy atom. The van der Waals surface area contributed by atoms with E-state index in [1.54, 1.807) is 0 Å². The molecule has 0 aromatic carbocycles. The molecule has 148 valence electrons. The molecule has 0 radical (unpaired) electrons. The quantitative estimate of drug-likeness (QED) is 0.280. The number of halogens is 1. The Bertz CT molecular complexity index is 501. The molecule has 2 aliphatic rings. The zero-order valence-corrected chi connectivity index (χ0v) is 18.7. The van der Waals surface area contributed by atoms with E-state index < -0.39 is 10.0 Å². The Kier molecular flexibility index (Phi) is 10.6. The van der Waals surface area contributed by atoms with Gasteiger partial charge in [-0.2, -0.15) is 0 Å². The monoisotopic (exact) mass is 486 g/mol. The summed E-state index contributed by atoms with van der Waals surface area (Å²) in [5.41, 5.74) is 0. The van der Waals surface area contributed by atoms with Crippen molar-refractivity contribution in [1.29, 1.82) is 0 Å². The first kappa shape index (κ1) is 23.0. The van der Waals surface area contributed by atoms with Crippen LogP contribution in [0.25, 0.3) is 0 Å². The van der Waals surface area contributed by atoms with Crippen molar-refractivity contribution < 1.29 is 8.42 Å². The summed E-state index contributed by atoms with van der Waals surface area (Å²) < 4.78 is 26.8. The number of hydrogen-bond donors (Lipinski definition) is 3. The van der Waals surface area contributed by atoms with Gasteiger partial charge in [-0.05, 0) is 57.3 Å². The molecule has 2 aliphatic carbocycles. The topological polar surface area (TPSA) is 82.6 Å². The predicted octanol–water partition coefficient (Wildman–Crippen LogP) is 2.46. The minimum atomic E-state index is -3.22. The van der Waals surface area contributed by atoms with Gasteiger partial charge in [0.25, 0.3) is 0 Å². The second-order valence-corrected chi connectivity index (χ2v) is 9.25. The van der Waals surface area contributed by atoms with Crippen LogP contribution in [0, 0.1) is 11.8 Å². The van der Waals surface area contributed by atoms with Crippen molar-refractivity contribution in [2.75, 3.05) is 25.4 Å². The fourth-order valence-corrected chi connectivity index (χ4v) is 4.17. The first-order chi connectivity index (χ1) is 11.5. The lowest BCUT2D eigenvalue weighted by atomic mass is 9.86. The average Bonchev–Trinajstić information content (AvgIpc) is 2.48. The van der Waals surface area contributed by atoms with Crippen LogP contribution in [0.4, 0.5) is 0 Å². The third-order valence-electron chi connectivity index (χ3n) is 5.15. The van der Waals surface area contributed by atoms with Crippen molar-refractivity contribution >= 4 is 40.0 Å². The molecule has 2 fully saturated rings. The number of sulfonamides is 1. The zero-order chi connectivity index (χ0) is 17.4. The smallest absolute Gasteiger partial charge is 0.213 e. The first-order valence-corrected chi connectivity index (χ1v) is 11.2.